The van der Waals surface area contributed by atoms with Gasteiger partial charge in [-0.1, -0.05) is 72.1 Å². The molecule has 3 amide bonds. The fourth-order valence-corrected chi connectivity index (χ4v) is 7.88. The third-order valence-electron chi connectivity index (χ3n) is 10.3. The molecule has 3 rings (SSSR count). The number of terminal acetylenes is 1. The normalized spacial score (nSPS) is 24.7. The highest BCUT2D eigenvalue weighted by Gasteiger charge is 2.38. The maximum Gasteiger partial charge on any atom is 0.234 e. The Morgan fingerprint density at radius 3 is 2.02 bits per heavy atom. The van der Waals surface area contributed by atoms with Crippen molar-refractivity contribution in [2.24, 2.45) is 29.6 Å². The van der Waals surface area contributed by atoms with Gasteiger partial charge in [-0.15, -0.1) is 12.3 Å². The molecular formula is C36H62N4O4. The quantitative estimate of drug-likeness (QED) is 0.159. The van der Waals surface area contributed by atoms with E-state index in [9.17, 15) is 19.5 Å². The fraction of sp³-hybridized carbons (Fsp3) is 0.861. The molecule has 0 heterocycles. The Labute approximate surface area is 267 Å². The first kappa shape index (κ1) is 36.4. The van der Waals surface area contributed by atoms with Gasteiger partial charge in [0.15, 0.2) is 0 Å². The van der Waals surface area contributed by atoms with E-state index in [-0.39, 0.29) is 42.0 Å². The second-order valence-corrected chi connectivity index (χ2v) is 14.0. The summed E-state index contributed by atoms with van der Waals surface area (Å²) < 4.78 is 0. The molecule has 44 heavy (non-hydrogen) atoms. The van der Waals surface area contributed by atoms with Gasteiger partial charge in [0.05, 0.1) is 12.1 Å². The van der Waals surface area contributed by atoms with Gasteiger partial charge in [0, 0.05) is 50.4 Å². The zero-order chi connectivity index (χ0) is 31.9. The predicted octanol–water partition coefficient (Wildman–Crippen LogP) is 5.44. The lowest BCUT2D eigenvalue weighted by atomic mass is 9.74. The van der Waals surface area contributed by atoms with Crippen LogP contribution in [-0.2, 0) is 14.4 Å². The standard InChI is InChI=1S/C36H62N4O4/c1-5-19-39(20-6-2)36(44)31-22-27(7-3)21-30(25-31)35(43)37-32(23-28-15-11-9-12-16-28)33(41)26-40(8-4)38-34(42)24-29-17-13-10-14-18-29/h3,27-33,41H,5-6,8-26H2,1-2,4H3,(H,37,43)(H,38,42). The Balaban J connectivity index is 1.67. The number of nitrogens with zero attached hydrogens (tertiary/aromatic N) is 2. The van der Waals surface area contributed by atoms with E-state index in [2.05, 4.69) is 30.5 Å². The largest absolute Gasteiger partial charge is 0.390 e. The Morgan fingerprint density at radius 1 is 0.864 bits per heavy atom. The topological polar surface area (TPSA) is 102 Å². The van der Waals surface area contributed by atoms with Crippen LogP contribution in [-0.4, -0.2) is 71.1 Å². The van der Waals surface area contributed by atoms with Gasteiger partial charge < -0.3 is 15.3 Å². The number of rotatable bonds is 16. The van der Waals surface area contributed by atoms with E-state index in [0.29, 0.717) is 44.1 Å². The molecule has 0 spiro atoms. The van der Waals surface area contributed by atoms with Crippen molar-refractivity contribution in [2.75, 3.05) is 26.2 Å². The number of hydrogen-bond donors (Lipinski definition) is 3. The van der Waals surface area contributed by atoms with Crippen LogP contribution in [0.25, 0.3) is 0 Å². The molecule has 3 N–H and O–H groups in total. The van der Waals surface area contributed by atoms with Crippen molar-refractivity contribution in [3.8, 4) is 12.3 Å². The lowest BCUT2D eigenvalue weighted by Gasteiger charge is -2.37. The highest BCUT2D eigenvalue weighted by Crippen LogP contribution is 2.35. The van der Waals surface area contributed by atoms with Crippen molar-refractivity contribution in [2.45, 2.75) is 142 Å². The molecule has 250 valence electrons. The zero-order valence-corrected chi connectivity index (χ0v) is 28.0. The van der Waals surface area contributed by atoms with Crippen LogP contribution in [0.4, 0.5) is 0 Å². The molecule has 0 bridgehead atoms. The monoisotopic (exact) mass is 614 g/mol. The van der Waals surface area contributed by atoms with Crippen molar-refractivity contribution in [1.82, 2.24) is 20.7 Å². The molecule has 8 heteroatoms. The molecule has 0 radical (unpaired) electrons. The lowest BCUT2D eigenvalue weighted by molar-refractivity contribution is -0.139. The van der Waals surface area contributed by atoms with Crippen molar-refractivity contribution in [3.05, 3.63) is 0 Å². The number of aliphatic hydroxyl groups excluding tert-OH is 1. The molecule has 3 fully saturated rings. The number of nitrogens with one attached hydrogen (secondary N) is 2. The first-order valence-electron chi connectivity index (χ1n) is 18.0. The SMILES string of the molecule is C#CC1CC(C(=O)NC(CC2CCCCC2)C(O)CN(CC)NC(=O)CC2CCCCC2)CC(C(=O)N(CCC)CCC)C1. The highest BCUT2D eigenvalue weighted by molar-refractivity contribution is 5.83. The fourth-order valence-electron chi connectivity index (χ4n) is 7.88. The molecule has 0 aliphatic heterocycles. The van der Waals surface area contributed by atoms with Gasteiger partial charge >= 0.3 is 0 Å². The van der Waals surface area contributed by atoms with E-state index in [1.54, 1.807) is 5.01 Å². The summed E-state index contributed by atoms with van der Waals surface area (Å²) in [7, 11) is 0. The minimum absolute atomic E-state index is 0.0113. The predicted molar refractivity (Wildman–Crippen MR) is 176 cm³/mol. The number of aliphatic hydroxyl groups is 1. The number of hydrogen-bond acceptors (Lipinski definition) is 5. The van der Waals surface area contributed by atoms with E-state index in [1.807, 2.05) is 11.8 Å². The van der Waals surface area contributed by atoms with E-state index >= 15 is 0 Å². The lowest BCUT2D eigenvalue weighted by Crippen LogP contribution is -2.54. The summed E-state index contributed by atoms with van der Waals surface area (Å²) in [6.07, 6.45) is 21.5. The van der Waals surface area contributed by atoms with Crippen LogP contribution in [0.2, 0.25) is 0 Å². The zero-order valence-electron chi connectivity index (χ0n) is 28.0. The summed E-state index contributed by atoms with van der Waals surface area (Å²) in [5.74, 6) is 3.04. The van der Waals surface area contributed by atoms with Crippen LogP contribution in [0.15, 0.2) is 0 Å². The maximum atomic E-state index is 13.9. The summed E-state index contributed by atoms with van der Waals surface area (Å²) in [5.41, 5.74) is 3.04. The second kappa shape index (κ2) is 19.4. The molecule has 0 aromatic carbocycles. The minimum atomic E-state index is -0.829. The minimum Gasteiger partial charge on any atom is -0.390 e. The number of carbonyl (C=O) groups is 3. The van der Waals surface area contributed by atoms with Crippen LogP contribution in [0.1, 0.15) is 130 Å². The molecule has 3 saturated carbocycles. The van der Waals surface area contributed by atoms with Crippen LogP contribution < -0.4 is 10.7 Å². The Morgan fingerprint density at radius 2 is 1.45 bits per heavy atom. The van der Waals surface area contributed by atoms with Crippen molar-refractivity contribution in [3.63, 3.8) is 0 Å². The van der Waals surface area contributed by atoms with E-state index in [1.165, 1.54) is 38.5 Å². The average molecular weight is 615 g/mol. The number of amides is 3. The Hall–Kier alpha value is -2.11. The Kier molecular flexibility index (Phi) is 16.0. The van der Waals surface area contributed by atoms with Gasteiger partial charge in [-0.05, 0) is 63.2 Å². The van der Waals surface area contributed by atoms with Crippen LogP contribution in [0, 0.1) is 41.9 Å². The van der Waals surface area contributed by atoms with Crippen LogP contribution >= 0.6 is 0 Å². The van der Waals surface area contributed by atoms with Crippen LogP contribution in [0.3, 0.4) is 0 Å². The number of likely N-dealkylation sites (N-methyl/N-ethyl adjacent to an activating group) is 1. The third kappa shape index (κ3) is 11.7. The van der Waals surface area contributed by atoms with Crippen molar-refractivity contribution >= 4 is 17.7 Å². The summed E-state index contributed by atoms with van der Waals surface area (Å²) >= 11 is 0. The highest BCUT2D eigenvalue weighted by atomic mass is 16.3. The molecule has 5 unspecified atom stereocenters. The van der Waals surface area contributed by atoms with Gasteiger partial charge in [-0.2, -0.15) is 0 Å². The maximum absolute atomic E-state index is 13.9. The summed E-state index contributed by atoms with van der Waals surface area (Å²) in [4.78, 5) is 42.2. The van der Waals surface area contributed by atoms with Crippen molar-refractivity contribution < 1.29 is 19.5 Å². The third-order valence-corrected chi connectivity index (χ3v) is 10.3. The van der Waals surface area contributed by atoms with Gasteiger partial charge in [-0.25, -0.2) is 5.01 Å². The first-order valence-corrected chi connectivity index (χ1v) is 18.0. The summed E-state index contributed by atoms with van der Waals surface area (Å²) in [6.45, 7) is 8.41. The van der Waals surface area contributed by atoms with Gasteiger partial charge in [-0.3, -0.25) is 19.8 Å². The van der Waals surface area contributed by atoms with E-state index < -0.39 is 12.1 Å². The Bertz CT molecular complexity index is 918. The number of hydrazine groups is 1. The van der Waals surface area contributed by atoms with E-state index in [4.69, 9.17) is 6.42 Å². The van der Waals surface area contributed by atoms with Crippen LogP contribution in [0.5, 0.6) is 0 Å². The molecule has 0 aromatic heterocycles. The summed E-state index contributed by atoms with van der Waals surface area (Å²) in [5, 5.41) is 16.6. The van der Waals surface area contributed by atoms with E-state index in [0.717, 1.165) is 58.0 Å². The first-order chi connectivity index (χ1) is 21.3. The molecule has 3 aliphatic rings. The van der Waals surface area contributed by atoms with Gasteiger partial charge in [0.25, 0.3) is 0 Å². The summed E-state index contributed by atoms with van der Waals surface area (Å²) in [6, 6.07) is -0.424. The van der Waals surface area contributed by atoms with Gasteiger partial charge in [0.1, 0.15) is 0 Å². The molecule has 8 nitrogen and oxygen atoms in total. The smallest absolute Gasteiger partial charge is 0.234 e. The molecular weight excluding hydrogens is 552 g/mol. The molecule has 0 saturated heterocycles. The average Bonchev–Trinajstić information content (AvgIpc) is 3.04. The second-order valence-electron chi connectivity index (χ2n) is 14.0. The van der Waals surface area contributed by atoms with Crippen molar-refractivity contribution in [1.29, 1.82) is 0 Å². The van der Waals surface area contributed by atoms with Gasteiger partial charge in [0.2, 0.25) is 17.7 Å². The number of carbonyl (C=O) groups excluding carboxylic acids is 3. The molecule has 5 atom stereocenters. The molecule has 3 aliphatic carbocycles. The molecule has 0 aromatic rings.